The molecule has 0 aliphatic carbocycles. The normalized spacial score (nSPS) is 10.8. The van der Waals surface area contributed by atoms with E-state index in [0.717, 1.165) is 42.5 Å². The molecule has 0 aromatic carbocycles. The lowest BCUT2D eigenvalue weighted by Gasteiger charge is -2.02. The van der Waals surface area contributed by atoms with Crippen LogP contribution >= 0.6 is 11.3 Å². The molecular weight excluding hydrogens is 270 g/mol. The summed E-state index contributed by atoms with van der Waals surface area (Å²) in [5.41, 5.74) is 2.04. The molecule has 108 valence electrons. The molecule has 0 spiro atoms. The Labute approximate surface area is 124 Å². The zero-order chi connectivity index (χ0) is 14.0. The monoisotopic (exact) mass is 291 g/mol. The average Bonchev–Trinajstić information content (AvgIpc) is 2.96. The Kier molecular flexibility index (Phi) is 6.63. The number of hydrogen-bond donors (Lipinski definition) is 1. The first kappa shape index (κ1) is 15.1. The van der Waals surface area contributed by atoms with Crippen molar-refractivity contribution in [2.24, 2.45) is 0 Å². The summed E-state index contributed by atoms with van der Waals surface area (Å²) in [5.74, 6) is 0. The van der Waals surface area contributed by atoms with Crippen molar-refractivity contribution in [3.63, 3.8) is 0 Å². The summed E-state index contributed by atoms with van der Waals surface area (Å²) in [4.78, 5) is 8.92. The Balaban J connectivity index is 1.69. The van der Waals surface area contributed by atoms with Crippen LogP contribution < -0.4 is 5.32 Å². The second-order valence-electron chi connectivity index (χ2n) is 4.59. The van der Waals surface area contributed by atoms with E-state index in [2.05, 4.69) is 20.7 Å². The Morgan fingerprint density at radius 3 is 3.00 bits per heavy atom. The van der Waals surface area contributed by atoms with Gasteiger partial charge in [-0.2, -0.15) is 0 Å². The zero-order valence-corrected chi connectivity index (χ0v) is 12.7. The topological polar surface area (TPSA) is 47.0 Å². The zero-order valence-electron chi connectivity index (χ0n) is 11.8. The minimum Gasteiger partial charge on any atom is -0.385 e. The van der Waals surface area contributed by atoms with Gasteiger partial charge in [-0.25, -0.2) is 4.98 Å². The highest BCUT2D eigenvalue weighted by atomic mass is 32.1. The van der Waals surface area contributed by atoms with Gasteiger partial charge >= 0.3 is 0 Å². The molecule has 0 unspecified atom stereocenters. The van der Waals surface area contributed by atoms with Crippen molar-refractivity contribution < 1.29 is 4.74 Å². The molecule has 0 bridgehead atoms. The van der Waals surface area contributed by atoms with Crippen LogP contribution in [0.3, 0.4) is 0 Å². The quantitative estimate of drug-likeness (QED) is 0.721. The van der Waals surface area contributed by atoms with Crippen LogP contribution in [0.4, 0.5) is 0 Å². The standard InChI is InChI=1S/C15H21N3OS/c1-19-10-6-2-4-8-16-11-13-12-20-15(18-13)14-7-3-5-9-17-14/h3,5,7,9,12,16H,2,4,6,8,10-11H2,1H3. The van der Waals surface area contributed by atoms with E-state index in [1.54, 1.807) is 24.6 Å². The maximum atomic E-state index is 5.03. The second kappa shape index (κ2) is 8.79. The van der Waals surface area contributed by atoms with Crippen molar-refractivity contribution >= 4 is 11.3 Å². The van der Waals surface area contributed by atoms with E-state index in [1.165, 1.54) is 12.8 Å². The summed E-state index contributed by atoms with van der Waals surface area (Å²) in [7, 11) is 1.75. The van der Waals surface area contributed by atoms with Crippen molar-refractivity contribution in [1.29, 1.82) is 0 Å². The Morgan fingerprint density at radius 1 is 1.25 bits per heavy atom. The smallest absolute Gasteiger partial charge is 0.142 e. The fraction of sp³-hybridized carbons (Fsp3) is 0.467. The highest BCUT2D eigenvalue weighted by Gasteiger charge is 2.04. The first-order valence-electron chi connectivity index (χ1n) is 6.95. The first-order chi connectivity index (χ1) is 9.90. The van der Waals surface area contributed by atoms with Crippen LogP contribution in [0, 0.1) is 0 Å². The van der Waals surface area contributed by atoms with Gasteiger partial charge in [0.15, 0.2) is 0 Å². The summed E-state index contributed by atoms with van der Waals surface area (Å²) >= 11 is 1.65. The molecule has 2 heterocycles. The molecule has 2 aromatic heterocycles. The molecule has 20 heavy (non-hydrogen) atoms. The molecule has 0 aliphatic rings. The van der Waals surface area contributed by atoms with Crippen LogP contribution in [0.25, 0.3) is 10.7 Å². The molecule has 4 nitrogen and oxygen atoms in total. The van der Waals surface area contributed by atoms with Crippen molar-refractivity contribution in [3.8, 4) is 10.7 Å². The fourth-order valence-electron chi connectivity index (χ4n) is 1.88. The lowest BCUT2D eigenvalue weighted by atomic mass is 10.2. The Morgan fingerprint density at radius 2 is 2.20 bits per heavy atom. The second-order valence-corrected chi connectivity index (χ2v) is 5.45. The van der Waals surface area contributed by atoms with Crippen molar-refractivity contribution in [3.05, 3.63) is 35.5 Å². The summed E-state index contributed by atoms with van der Waals surface area (Å²) in [5, 5.41) is 6.51. The van der Waals surface area contributed by atoms with Crippen molar-refractivity contribution in [2.75, 3.05) is 20.3 Å². The number of unbranched alkanes of at least 4 members (excludes halogenated alkanes) is 2. The predicted molar refractivity (Wildman–Crippen MR) is 82.8 cm³/mol. The molecule has 2 aromatic rings. The van der Waals surface area contributed by atoms with Gasteiger partial charge in [0, 0.05) is 31.8 Å². The molecule has 1 N–H and O–H groups in total. The van der Waals surface area contributed by atoms with E-state index >= 15 is 0 Å². The van der Waals surface area contributed by atoms with Crippen LogP contribution in [0.1, 0.15) is 25.0 Å². The largest absolute Gasteiger partial charge is 0.385 e. The van der Waals surface area contributed by atoms with E-state index in [1.807, 2.05) is 18.2 Å². The number of thiazole rings is 1. The molecular formula is C15H21N3OS. The molecule has 0 radical (unpaired) electrons. The van der Waals surface area contributed by atoms with E-state index in [9.17, 15) is 0 Å². The number of aromatic nitrogens is 2. The highest BCUT2D eigenvalue weighted by molar-refractivity contribution is 7.13. The minimum absolute atomic E-state index is 0.827. The third-order valence-electron chi connectivity index (χ3n) is 2.94. The number of nitrogens with zero attached hydrogens (tertiary/aromatic N) is 2. The number of hydrogen-bond acceptors (Lipinski definition) is 5. The summed E-state index contributed by atoms with van der Waals surface area (Å²) < 4.78 is 5.03. The van der Waals surface area contributed by atoms with Crippen LogP contribution in [-0.2, 0) is 11.3 Å². The van der Waals surface area contributed by atoms with Gasteiger partial charge in [-0.1, -0.05) is 6.07 Å². The minimum atomic E-state index is 0.827. The van der Waals surface area contributed by atoms with Crippen LogP contribution in [-0.4, -0.2) is 30.2 Å². The van der Waals surface area contributed by atoms with Crippen LogP contribution in [0.2, 0.25) is 0 Å². The van der Waals surface area contributed by atoms with Crippen LogP contribution in [0.5, 0.6) is 0 Å². The summed E-state index contributed by atoms with van der Waals surface area (Å²) in [6.45, 7) is 2.72. The highest BCUT2D eigenvalue weighted by Crippen LogP contribution is 2.21. The number of nitrogens with one attached hydrogen (secondary N) is 1. The first-order valence-corrected chi connectivity index (χ1v) is 7.83. The van der Waals surface area contributed by atoms with E-state index in [0.29, 0.717) is 0 Å². The van der Waals surface area contributed by atoms with E-state index in [-0.39, 0.29) is 0 Å². The van der Waals surface area contributed by atoms with Crippen molar-refractivity contribution in [1.82, 2.24) is 15.3 Å². The average molecular weight is 291 g/mol. The van der Waals surface area contributed by atoms with E-state index < -0.39 is 0 Å². The molecule has 0 atom stereocenters. The molecule has 0 aliphatic heterocycles. The van der Waals surface area contributed by atoms with Gasteiger partial charge in [0.2, 0.25) is 0 Å². The number of pyridine rings is 1. The maximum Gasteiger partial charge on any atom is 0.142 e. The number of ether oxygens (including phenoxy) is 1. The van der Waals surface area contributed by atoms with Gasteiger partial charge in [0.1, 0.15) is 5.01 Å². The van der Waals surface area contributed by atoms with Gasteiger partial charge in [-0.3, -0.25) is 4.98 Å². The Hall–Kier alpha value is -1.30. The number of methoxy groups -OCH3 is 1. The third-order valence-corrected chi connectivity index (χ3v) is 3.86. The summed E-state index contributed by atoms with van der Waals surface area (Å²) in [6.07, 6.45) is 5.32. The summed E-state index contributed by atoms with van der Waals surface area (Å²) in [6, 6.07) is 5.90. The molecule has 5 heteroatoms. The van der Waals surface area contributed by atoms with Gasteiger partial charge in [-0.05, 0) is 37.9 Å². The molecule has 2 rings (SSSR count). The van der Waals surface area contributed by atoms with Crippen molar-refractivity contribution in [2.45, 2.75) is 25.8 Å². The fourth-order valence-corrected chi connectivity index (χ4v) is 2.68. The third kappa shape index (κ3) is 5.00. The number of rotatable bonds is 9. The van der Waals surface area contributed by atoms with Gasteiger partial charge in [0.25, 0.3) is 0 Å². The van der Waals surface area contributed by atoms with Crippen LogP contribution in [0.15, 0.2) is 29.8 Å². The van der Waals surface area contributed by atoms with E-state index in [4.69, 9.17) is 4.74 Å². The van der Waals surface area contributed by atoms with Gasteiger partial charge < -0.3 is 10.1 Å². The van der Waals surface area contributed by atoms with Gasteiger partial charge in [-0.15, -0.1) is 11.3 Å². The molecule has 0 saturated carbocycles. The lowest BCUT2D eigenvalue weighted by Crippen LogP contribution is -2.15. The lowest BCUT2D eigenvalue weighted by molar-refractivity contribution is 0.192. The molecule has 0 saturated heterocycles. The molecule has 0 amide bonds. The molecule has 0 fully saturated rings. The predicted octanol–water partition coefficient (Wildman–Crippen LogP) is 3.11. The SMILES string of the molecule is COCCCCCNCc1csc(-c2ccccn2)n1. The van der Waals surface area contributed by atoms with Gasteiger partial charge in [0.05, 0.1) is 11.4 Å². The Bertz CT molecular complexity index is 487. The maximum absolute atomic E-state index is 5.03.